The maximum atomic E-state index is 2.45. The first-order valence-electron chi connectivity index (χ1n) is 6.29. The predicted molar refractivity (Wildman–Crippen MR) is 67.8 cm³/mol. The molecule has 1 radical (unpaired) electrons. The standard InChI is InChI=1S/C15H23/c1-2-3-4-5-6-7-9-12-15-13-10-8-11-14-15/h5,8,10-11,13-14H,2-4,6-7,9,12H2,1H3. The fourth-order valence-electron chi connectivity index (χ4n) is 1.76. The minimum atomic E-state index is 1.24. The van der Waals surface area contributed by atoms with Crippen molar-refractivity contribution in [2.24, 2.45) is 0 Å². The molecule has 0 aromatic heterocycles. The lowest BCUT2D eigenvalue weighted by Gasteiger charge is -2.01. The van der Waals surface area contributed by atoms with Crippen LogP contribution in [0.15, 0.2) is 30.3 Å². The molecule has 0 unspecified atom stereocenters. The number of hydrogen-bond acceptors (Lipinski definition) is 0. The molecule has 83 valence electrons. The van der Waals surface area contributed by atoms with Crippen molar-refractivity contribution in [2.75, 3.05) is 0 Å². The summed E-state index contributed by atoms with van der Waals surface area (Å²) in [7, 11) is 0. The lowest BCUT2D eigenvalue weighted by atomic mass is 10.0. The van der Waals surface area contributed by atoms with Gasteiger partial charge in [-0.05, 0) is 24.8 Å². The zero-order valence-electron chi connectivity index (χ0n) is 9.91. The molecule has 0 aliphatic carbocycles. The molecule has 0 heterocycles. The van der Waals surface area contributed by atoms with Crippen LogP contribution < -0.4 is 0 Å². The predicted octanol–water partition coefficient (Wildman–Crippen LogP) is 4.79. The fourth-order valence-corrected chi connectivity index (χ4v) is 1.76. The molecule has 0 spiro atoms. The Kier molecular flexibility index (Phi) is 6.98. The van der Waals surface area contributed by atoms with Crippen LogP contribution in [-0.4, -0.2) is 0 Å². The van der Waals surface area contributed by atoms with Gasteiger partial charge in [-0.3, -0.25) is 0 Å². The highest BCUT2D eigenvalue weighted by Gasteiger charge is 1.93. The Morgan fingerprint density at radius 1 is 0.933 bits per heavy atom. The second-order valence-corrected chi connectivity index (χ2v) is 4.16. The normalized spacial score (nSPS) is 10.5. The third-order valence-corrected chi connectivity index (χ3v) is 2.73. The molecule has 0 N–H and O–H groups in total. The van der Waals surface area contributed by atoms with Crippen LogP contribution in [0.1, 0.15) is 51.0 Å². The molecule has 0 amide bonds. The van der Waals surface area contributed by atoms with Crippen LogP contribution in [0.2, 0.25) is 0 Å². The van der Waals surface area contributed by atoms with E-state index >= 15 is 0 Å². The highest BCUT2D eigenvalue weighted by atomic mass is 14.0. The van der Waals surface area contributed by atoms with Crippen LogP contribution in [-0.2, 0) is 6.42 Å². The summed E-state index contributed by atoms with van der Waals surface area (Å²) in [4.78, 5) is 0. The number of aryl methyl sites for hydroxylation is 1. The topological polar surface area (TPSA) is 0 Å². The Labute approximate surface area is 94.7 Å². The van der Waals surface area contributed by atoms with Crippen molar-refractivity contribution in [1.29, 1.82) is 0 Å². The lowest BCUT2D eigenvalue weighted by Crippen LogP contribution is -1.86. The van der Waals surface area contributed by atoms with Gasteiger partial charge in [0.05, 0.1) is 0 Å². The van der Waals surface area contributed by atoms with Crippen molar-refractivity contribution in [3.8, 4) is 0 Å². The quantitative estimate of drug-likeness (QED) is 0.533. The largest absolute Gasteiger partial charge is 0.0654 e. The molecule has 1 aromatic carbocycles. The zero-order valence-corrected chi connectivity index (χ0v) is 9.91. The van der Waals surface area contributed by atoms with Gasteiger partial charge in [0.1, 0.15) is 0 Å². The maximum absolute atomic E-state index is 2.45. The van der Waals surface area contributed by atoms with Crippen molar-refractivity contribution in [3.63, 3.8) is 0 Å². The van der Waals surface area contributed by atoms with Gasteiger partial charge in [-0.15, -0.1) is 0 Å². The van der Waals surface area contributed by atoms with Gasteiger partial charge in [-0.2, -0.15) is 0 Å². The number of unbranched alkanes of at least 4 members (excludes halogenated alkanes) is 6. The van der Waals surface area contributed by atoms with Gasteiger partial charge in [0.25, 0.3) is 0 Å². The van der Waals surface area contributed by atoms with Crippen molar-refractivity contribution >= 4 is 0 Å². The van der Waals surface area contributed by atoms with Crippen molar-refractivity contribution in [1.82, 2.24) is 0 Å². The molecule has 0 saturated heterocycles. The molecule has 0 heteroatoms. The van der Waals surface area contributed by atoms with E-state index in [-0.39, 0.29) is 0 Å². The van der Waals surface area contributed by atoms with Gasteiger partial charge in [0, 0.05) is 0 Å². The second-order valence-electron chi connectivity index (χ2n) is 4.16. The highest BCUT2D eigenvalue weighted by Crippen LogP contribution is 2.09. The first kappa shape index (κ1) is 12.3. The van der Waals surface area contributed by atoms with E-state index in [4.69, 9.17) is 0 Å². The third kappa shape index (κ3) is 6.33. The Morgan fingerprint density at radius 2 is 1.67 bits per heavy atom. The molecule has 0 nitrogen and oxygen atoms in total. The van der Waals surface area contributed by atoms with E-state index in [9.17, 15) is 0 Å². The van der Waals surface area contributed by atoms with Gasteiger partial charge in [0.15, 0.2) is 0 Å². The van der Waals surface area contributed by atoms with Gasteiger partial charge in [-0.25, -0.2) is 0 Å². The van der Waals surface area contributed by atoms with Crippen LogP contribution in [0.5, 0.6) is 0 Å². The van der Waals surface area contributed by atoms with E-state index in [0.717, 1.165) is 0 Å². The van der Waals surface area contributed by atoms with Crippen LogP contribution in [0.3, 0.4) is 0 Å². The Hall–Kier alpha value is -0.780. The average molecular weight is 203 g/mol. The van der Waals surface area contributed by atoms with Gasteiger partial charge in [0.2, 0.25) is 0 Å². The molecule has 0 saturated carbocycles. The van der Waals surface area contributed by atoms with Gasteiger partial charge < -0.3 is 0 Å². The molecule has 1 rings (SSSR count). The molecular weight excluding hydrogens is 180 g/mol. The van der Waals surface area contributed by atoms with Gasteiger partial charge >= 0.3 is 0 Å². The summed E-state index contributed by atoms with van der Waals surface area (Å²) in [6, 6.07) is 10.8. The molecule has 0 fully saturated rings. The monoisotopic (exact) mass is 203 g/mol. The Balaban J connectivity index is 1.93. The molecule has 1 aromatic rings. The van der Waals surface area contributed by atoms with Crippen molar-refractivity contribution < 1.29 is 0 Å². The van der Waals surface area contributed by atoms with Crippen molar-refractivity contribution in [2.45, 2.75) is 51.9 Å². The summed E-state index contributed by atoms with van der Waals surface area (Å²) in [6.45, 7) is 2.25. The summed E-state index contributed by atoms with van der Waals surface area (Å²) in [5.74, 6) is 0. The zero-order chi connectivity index (χ0) is 10.8. The SMILES string of the molecule is CCCC[CH]CCCCc1ccccc1. The molecule has 0 aliphatic rings. The van der Waals surface area contributed by atoms with E-state index in [1.54, 1.807) is 0 Å². The lowest BCUT2D eigenvalue weighted by molar-refractivity contribution is 0.682. The Bertz CT molecular complexity index is 225. The summed E-state index contributed by atoms with van der Waals surface area (Å²) >= 11 is 0. The molecule has 15 heavy (non-hydrogen) atoms. The second kappa shape index (κ2) is 8.52. The van der Waals surface area contributed by atoms with Crippen LogP contribution in [0.4, 0.5) is 0 Å². The Morgan fingerprint density at radius 3 is 2.40 bits per heavy atom. The maximum Gasteiger partial charge on any atom is -0.0279 e. The fraction of sp³-hybridized carbons (Fsp3) is 0.533. The number of benzene rings is 1. The van der Waals surface area contributed by atoms with E-state index in [1.165, 1.54) is 50.5 Å². The molecule has 0 bridgehead atoms. The molecule has 0 aliphatic heterocycles. The third-order valence-electron chi connectivity index (χ3n) is 2.73. The van der Waals surface area contributed by atoms with Crippen molar-refractivity contribution in [3.05, 3.63) is 42.3 Å². The summed E-state index contributed by atoms with van der Waals surface area (Å²) in [6.07, 6.45) is 11.6. The van der Waals surface area contributed by atoms with Gasteiger partial charge in [-0.1, -0.05) is 69.4 Å². The van der Waals surface area contributed by atoms with E-state index in [0.29, 0.717) is 0 Å². The average Bonchev–Trinajstić information content (AvgIpc) is 2.29. The first-order valence-corrected chi connectivity index (χ1v) is 6.29. The minimum Gasteiger partial charge on any atom is -0.0654 e. The summed E-state index contributed by atoms with van der Waals surface area (Å²) in [5.41, 5.74) is 1.48. The van der Waals surface area contributed by atoms with Crippen LogP contribution >= 0.6 is 0 Å². The van der Waals surface area contributed by atoms with E-state index in [2.05, 4.69) is 43.7 Å². The number of rotatable bonds is 8. The van der Waals surface area contributed by atoms with E-state index < -0.39 is 0 Å². The summed E-state index contributed by atoms with van der Waals surface area (Å²) in [5, 5.41) is 0. The summed E-state index contributed by atoms with van der Waals surface area (Å²) < 4.78 is 0. The molecular formula is C15H23. The molecule has 0 atom stereocenters. The smallest absolute Gasteiger partial charge is 0.0279 e. The number of hydrogen-bond donors (Lipinski definition) is 0. The first-order chi connectivity index (χ1) is 7.43. The van der Waals surface area contributed by atoms with Crippen LogP contribution in [0.25, 0.3) is 0 Å². The van der Waals surface area contributed by atoms with E-state index in [1.807, 2.05) is 0 Å². The van der Waals surface area contributed by atoms with Crippen LogP contribution in [0, 0.1) is 6.42 Å². The highest BCUT2D eigenvalue weighted by molar-refractivity contribution is 5.14. The minimum absolute atomic E-state index is 1.24.